The summed E-state index contributed by atoms with van der Waals surface area (Å²) in [6, 6.07) is 10.8. The van der Waals surface area contributed by atoms with E-state index in [0.717, 1.165) is 10.6 Å². The highest BCUT2D eigenvalue weighted by molar-refractivity contribution is 7.92. The lowest BCUT2D eigenvalue weighted by atomic mass is 10.1. The first-order valence-corrected chi connectivity index (χ1v) is 10.8. The number of hydrogen-bond donors (Lipinski definition) is 1. The number of carbonyl (C=O) groups excluding carboxylic acids is 1. The molecule has 29 heavy (non-hydrogen) atoms. The lowest BCUT2D eigenvalue weighted by Gasteiger charge is -2.30. The Morgan fingerprint density at radius 1 is 1.21 bits per heavy atom. The molecule has 2 aromatic carbocycles. The predicted octanol–water partition coefficient (Wildman–Crippen LogP) is 3.18. The average molecular weight is 421 g/mol. The first kappa shape index (κ1) is 22.2. The molecule has 0 saturated carbocycles. The van der Waals surface area contributed by atoms with Crippen LogP contribution < -0.4 is 14.4 Å². The molecule has 0 fully saturated rings. The summed E-state index contributed by atoms with van der Waals surface area (Å²) >= 11 is 0. The van der Waals surface area contributed by atoms with Gasteiger partial charge in [-0.25, -0.2) is 8.42 Å². The minimum absolute atomic E-state index is 0.178. The fourth-order valence-corrected chi connectivity index (χ4v) is 4.05. The number of rotatable bonds is 9. The number of non-ortho nitro benzene ring substituents is 1. The van der Waals surface area contributed by atoms with Gasteiger partial charge >= 0.3 is 0 Å². The van der Waals surface area contributed by atoms with E-state index in [1.807, 2.05) is 6.92 Å². The molecule has 1 atom stereocenters. The van der Waals surface area contributed by atoms with Gasteiger partial charge in [-0.2, -0.15) is 0 Å². The molecule has 0 spiro atoms. The summed E-state index contributed by atoms with van der Waals surface area (Å²) in [4.78, 5) is 23.2. The van der Waals surface area contributed by atoms with Crippen molar-refractivity contribution in [1.29, 1.82) is 0 Å². The Hall–Kier alpha value is -3.14. The number of carbonyl (C=O) groups is 1. The topological polar surface area (TPSA) is 119 Å². The lowest BCUT2D eigenvalue weighted by Crippen LogP contribution is -2.47. The fraction of sp³-hybridized carbons (Fsp3) is 0.316. The average Bonchev–Trinajstić information content (AvgIpc) is 2.66. The fourth-order valence-electron chi connectivity index (χ4n) is 2.84. The summed E-state index contributed by atoms with van der Waals surface area (Å²) in [7, 11) is -3.79. The van der Waals surface area contributed by atoms with Crippen molar-refractivity contribution in [1.82, 2.24) is 0 Å². The van der Waals surface area contributed by atoms with Crippen molar-refractivity contribution in [2.75, 3.05) is 22.5 Å². The molecule has 0 aromatic heterocycles. The molecule has 10 heteroatoms. The van der Waals surface area contributed by atoms with Crippen LogP contribution >= 0.6 is 0 Å². The van der Waals surface area contributed by atoms with Crippen molar-refractivity contribution in [3.8, 4) is 5.75 Å². The number of nitro groups is 1. The predicted molar refractivity (Wildman–Crippen MR) is 111 cm³/mol. The van der Waals surface area contributed by atoms with Gasteiger partial charge < -0.3 is 10.1 Å². The van der Waals surface area contributed by atoms with E-state index in [2.05, 4.69) is 5.32 Å². The maximum atomic E-state index is 12.8. The van der Waals surface area contributed by atoms with Gasteiger partial charge in [-0.3, -0.25) is 19.2 Å². The Morgan fingerprint density at radius 3 is 2.38 bits per heavy atom. The first-order valence-electron chi connectivity index (χ1n) is 8.95. The summed E-state index contributed by atoms with van der Waals surface area (Å²) in [6.07, 6.45) is 1.22. The molecule has 156 valence electrons. The molecule has 0 bridgehead atoms. The molecule has 0 aliphatic heterocycles. The number of benzene rings is 2. The molecule has 0 aliphatic rings. The molecule has 0 saturated heterocycles. The van der Waals surface area contributed by atoms with E-state index in [-0.39, 0.29) is 17.8 Å². The normalized spacial score (nSPS) is 12.1. The smallest absolute Gasteiger partial charge is 0.271 e. The van der Waals surface area contributed by atoms with Gasteiger partial charge in [0.05, 0.1) is 23.5 Å². The molecule has 0 aliphatic carbocycles. The molecule has 9 nitrogen and oxygen atoms in total. The van der Waals surface area contributed by atoms with Crippen LogP contribution in [0.4, 0.5) is 17.1 Å². The van der Waals surface area contributed by atoms with E-state index in [1.54, 1.807) is 31.2 Å². The number of nitro benzene ring substituents is 1. The monoisotopic (exact) mass is 421 g/mol. The van der Waals surface area contributed by atoms with Gasteiger partial charge in [0.1, 0.15) is 11.8 Å². The molecule has 0 heterocycles. The standard InChI is InChI=1S/C19H23N3O6S/c1-4-18(19(23)20-14-7-6-8-16(13-14)22(24)25)21(29(3,26)27)15-9-11-17(12-10-15)28-5-2/h6-13,18H,4-5H2,1-3H3,(H,20,23)/t18-/m0/s1. The Labute approximate surface area is 169 Å². The Morgan fingerprint density at radius 2 is 1.86 bits per heavy atom. The summed E-state index contributed by atoms with van der Waals surface area (Å²) in [5, 5.41) is 13.5. The van der Waals surface area contributed by atoms with Crippen LogP contribution in [0.25, 0.3) is 0 Å². The van der Waals surface area contributed by atoms with E-state index in [9.17, 15) is 23.3 Å². The third kappa shape index (κ3) is 5.67. The molecule has 2 aromatic rings. The number of nitrogens with one attached hydrogen (secondary N) is 1. The van der Waals surface area contributed by atoms with E-state index in [4.69, 9.17) is 4.74 Å². The number of ether oxygens (including phenoxy) is 1. The van der Waals surface area contributed by atoms with Gasteiger partial charge in [0.2, 0.25) is 15.9 Å². The number of amides is 1. The third-order valence-corrected chi connectivity index (χ3v) is 5.24. The van der Waals surface area contributed by atoms with Crippen LogP contribution in [0.2, 0.25) is 0 Å². The summed E-state index contributed by atoms with van der Waals surface area (Å²) in [5.41, 5.74) is 0.349. The maximum absolute atomic E-state index is 12.8. The minimum Gasteiger partial charge on any atom is -0.494 e. The second kappa shape index (κ2) is 9.37. The quantitative estimate of drug-likeness (QED) is 0.491. The number of anilines is 2. The third-order valence-electron chi connectivity index (χ3n) is 4.06. The molecule has 0 unspecified atom stereocenters. The minimum atomic E-state index is -3.79. The van der Waals surface area contributed by atoms with Crippen LogP contribution in [0.3, 0.4) is 0 Å². The van der Waals surface area contributed by atoms with E-state index < -0.39 is 26.9 Å². The van der Waals surface area contributed by atoms with Crippen LogP contribution in [0, 0.1) is 10.1 Å². The van der Waals surface area contributed by atoms with Crippen molar-refractivity contribution in [3.63, 3.8) is 0 Å². The summed E-state index contributed by atoms with van der Waals surface area (Å²) in [5.74, 6) is -0.00824. The van der Waals surface area contributed by atoms with Crippen LogP contribution in [0.1, 0.15) is 20.3 Å². The van der Waals surface area contributed by atoms with Crippen LogP contribution in [-0.4, -0.2) is 38.2 Å². The van der Waals surface area contributed by atoms with Crippen LogP contribution in [0.5, 0.6) is 5.75 Å². The highest BCUT2D eigenvalue weighted by Crippen LogP contribution is 2.26. The van der Waals surface area contributed by atoms with Crippen molar-refractivity contribution in [2.24, 2.45) is 0 Å². The zero-order valence-corrected chi connectivity index (χ0v) is 17.2. The zero-order valence-electron chi connectivity index (χ0n) is 16.4. The summed E-state index contributed by atoms with van der Waals surface area (Å²) < 4.78 is 31.3. The second-order valence-corrected chi connectivity index (χ2v) is 8.07. The number of sulfonamides is 1. The van der Waals surface area contributed by atoms with E-state index in [0.29, 0.717) is 18.0 Å². The Bertz CT molecular complexity index is 976. The van der Waals surface area contributed by atoms with Crippen molar-refractivity contribution in [3.05, 3.63) is 58.6 Å². The molecule has 2 rings (SSSR count). The number of hydrogen-bond acceptors (Lipinski definition) is 6. The van der Waals surface area contributed by atoms with Gasteiger partial charge in [0.15, 0.2) is 0 Å². The van der Waals surface area contributed by atoms with E-state index >= 15 is 0 Å². The molecule has 1 N–H and O–H groups in total. The highest BCUT2D eigenvalue weighted by atomic mass is 32.2. The van der Waals surface area contributed by atoms with Gasteiger partial charge in [-0.15, -0.1) is 0 Å². The maximum Gasteiger partial charge on any atom is 0.271 e. The van der Waals surface area contributed by atoms with Crippen molar-refractivity contribution in [2.45, 2.75) is 26.3 Å². The molecule has 1 amide bonds. The zero-order chi connectivity index (χ0) is 21.6. The van der Waals surface area contributed by atoms with E-state index in [1.165, 1.54) is 24.3 Å². The molecular weight excluding hydrogens is 398 g/mol. The van der Waals surface area contributed by atoms with Crippen LogP contribution in [0.15, 0.2) is 48.5 Å². The first-order chi connectivity index (χ1) is 13.7. The molecule has 0 radical (unpaired) electrons. The molecular formula is C19H23N3O6S. The van der Waals surface area contributed by atoms with Gasteiger partial charge in [-0.05, 0) is 43.7 Å². The van der Waals surface area contributed by atoms with Gasteiger partial charge in [0.25, 0.3) is 5.69 Å². The largest absolute Gasteiger partial charge is 0.494 e. The van der Waals surface area contributed by atoms with Gasteiger partial charge in [-0.1, -0.05) is 13.0 Å². The second-order valence-electron chi connectivity index (χ2n) is 6.21. The Kier molecular flexibility index (Phi) is 7.16. The van der Waals surface area contributed by atoms with Crippen molar-refractivity contribution >= 4 is 33.0 Å². The number of nitrogens with zero attached hydrogens (tertiary/aromatic N) is 2. The lowest BCUT2D eigenvalue weighted by molar-refractivity contribution is -0.384. The van der Waals surface area contributed by atoms with Crippen molar-refractivity contribution < 1.29 is 22.9 Å². The highest BCUT2D eigenvalue weighted by Gasteiger charge is 2.31. The Balaban J connectivity index is 2.34. The van der Waals surface area contributed by atoms with Crippen LogP contribution in [-0.2, 0) is 14.8 Å². The van der Waals surface area contributed by atoms with Gasteiger partial charge in [0, 0.05) is 17.8 Å². The summed E-state index contributed by atoms with van der Waals surface area (Å²) in [6.45, 7) is 3.99. The SMILES string of the molecule is CCOc1ccc(N([C@@H](CC)C(=O)Nc2cccc([N+](=O)[O-])c2)S(C)(=O)=O)cc1.